The molecule has 0 radical (unpaired) electrons. The topological polar surface area (TPSA) is 20.2 Å². The molecular formula is C14H26O. The molecule has 0 aromatic heterocycles. The molecule has 1 saturated carbocycles. The summed E-state index contributed by atoms with van der Waals surface area (Å²) in [6.45, 7) is 4.38. The van der Waals surface area contributed by atoms with Crippen LogP contribution in [0.15, 0.2) is 11.6 Å². The zero-order valence-electron chi connectivity index (χ0n) is 10.4. The van der Waals surface area contributed by atoms with Gasteiger partial charge in [-0.3, -0.25) is 0 Å². The lowest BCUT2D eigenvalue weighted by Gasteiger charge is -2.35. The van der Waals surface area contributed by atoms with Gasteiger partial charge in [-0.05, 0) is 37.7 Å². The Balaban J connectivity index is 2.63. The average Bonchev–Trinajstić information content (AvgIpc) is 2.25. The van der Waals surface area contributed by atoms with Crippen LogP contribution in [0.5, 0.6) is 0 Å². The van der Waals surface area contributed by atoms with Gasteiger partial charge in [0.2, 0.25) is 0 Å². The monoisotopic (exact) mass is 210 g/mol. The highest BCUT2D eigenvalue weighted by atomic mass is 16.3. The number of hydrogen-bond donors (Lipinski definition) is 1. The maximum Gasteiger partial charge on any atom is 0.0856 e. The van der Waals surface area contributed by atoms with Crippen molar-refractivity contribution in [2.45, 2.75) is 77.2 Å². The van der Waals surface area contributed by atoms with E-state index in [0.29, 0.717) is 0 Å². The van der Waals surface area contributed by atoms with E-state index in [4.69, 9.17) is 0 Å². The summed E-state index contributed by atoms with van der Waals surface area (Å²) >= 11 is 0. The van der Waals surface area contributed by atoms with Gasteiger partial charge in [-0.2, -0.15) is 0 Å². The van der Waals surface area contributed by atoms with Crippen molar-refractivity contribution < 1.29 is 5.11 Å². The predicted molar refractivity (Wildman–Crippen MR) is 65.9 cm³/mol. The van der Waals surface area contributed by atoms with Crippen LogP contribution in [-0.4, -0.2) is 10.7 Å². The Kier molecular flexibility index (Phi) is 5.38. The van der Waals surface area contributed by atoms with E-state index in [9.17, 15) is 5.11 Å². The number of hydrogen-bond acceptors (Lipinski definition) is 1. The van der Waals surface area contributed by atoms with Crippen LogP contribution in [0.3, 0.4) is 0 Å². The molecule has 0 saturated heterocycles. The highest BCUT2D eigenvalue weighted by molar-refractivity contribution is 5.17. The standard InChI is InChI=1S/C14H26O/c1-3-5-10-13(9-4-2)14(15)11-7-6-8-12-14/h9,15H,3-8,10-12H2,1-2H3/b13-9+. The molecule has 1 fully saturated rings. The Morgan fingerprint density at radius 2 is 1.87 bits per heavy atom. The van der Waals surface area contributed by atoms with E-state index in [0.717, 1.165) is 25.7 Å². The molecule has 0 spiro atoms. The molecule has 1 rings (SSSR count). The summed E-state index contributed by atoms with van der Waals surface area (Å²) in [5.74, 6) is 0. The molecule has 15 heavy (non-hydrogen) atoms. The Hall–Kier alpha value is -0.300. The minimum absolute atomic E-state index is 0.441. The van der Waals surface area contributed by atoms with Crippen molar-refractivity contribution >= 4 is 0 Å². The lowest BCUT2D eigenvalue weighted by Crippen LogP contribution is -2.33. The summed E-state index contributed by atoms with van der Waals surface area (Å²) in [5, 5.41) is 10.6. The van der Waals surface area contributed by atoms with E-state index >= 15 is 0 Å². The first-order valence-electron chi connectivity index (χ1n) is 6.65. The molecule has 1 aliphatic carbocycles. The third kappa shape index (κ3) is 3.64. The third-order valence-electron chi connectivity index (χ3n) is 3.53. The first kappa shape index (κ1) is 12.8. The van der Waals surface area contributed by atoms with Gasteiger partial charge in [0.05, 0.1) is 5.60 Å². The van der Waals surface area contributed by atoms with Gasteiger partial charge in [0.1, 0.15) is 0 Å². The van der Waals surface area contributed by atoms with Crippen LogP contribution in [0.4, 0.5) is 0 Å². The van der Waals surface area contributed by atoms with Gasteiger partial charge < -0.3 is 5.11 Å². The Morgan fingerprint density at radius 1 is 1.20 bits per heavy atom. The molecule has 1 N–H and O–H groups in total. The number of allylic oxidation sites excluding steroid dienone is 1. The van der Waals surface area contributed by atoms with Crippen molar-refractivity contribution in [3.63, 3.8) is 0 Å². The minimum Gasteiger partial charge on any atom is -0.386 e. The van der Waals surface area contributed by atoms with Crippen molar-refractivity contribution in [3.05, 3.63) is 11.6 Å². The molecule has 0 aromatic carbocycles. The predicted octanol–water partition coefficient (Wildman–Crippen LogP) is 4.21. The first-order valence-corrected chi connectivity index (χ1v) is 6.65. The molecule has 0 bridgehead atoms. The largest absolute Gasteiger partial charge is 0.386 e. The fourth-order valence-electron chi connectivity index (χ4n) is 2.60. The summed E-state index contributed by atoms with van der Waals surface area (Å²) in [6, 6.07) is 0. The summed E-state index contributed by atoms with van der Waals surface area (Å²) in [7, 11) is 0. The molecule has 0 atom stereocenters. The van der Waals surface area contributed by atoms with Crippen LogP contribution in [0.25, 0.3) is 0 Å². The second kappa shape index (κ2) is 6.32. The molecule has 0 amide bonds. The van der Waals surface area contributed by atoms with E-state index in [-0.39, 0.29) is 0 Å². The van der Waals surface area contributed by atoms with E-state index in [2.05, 4.69) is 19.9 Å². The quantitative estimate of drug-likeness (QED) is 0.674. The van der Waals surface area contributed by atoms with Crippen LogP contribution in [0, 0.1) is 0 Å². The molecule has 0 aliphatic heterocycles. The van der Waals surface area contributed by atoms with Crippen LogP contribution in [0.2, 0.25) is 0 Å². The smallest absolute Gasteiger partial charge is 0.0856 e. The molecular weight excluding hydrogens is 184 g/mol. The maximum atomic E-state index is 10.6. The zero-order chi connectivity index (χ0) is 11.1. The molecule has 1 heteroatoms. The van der Waals surface area contributed by atoms with Crippen LogP contribution in [-0.2, 0) is 0 Å². The summed E-state index contributed by atoms with van der Waals surface area (Å²) in [4.78, 5) is 0. The van der Waals surface area contributed by atoms with Gasteiger partial charge >= 0.3 is 0 Å². The van der Waals surface area contributed by atoms with Crippen molar-refractivity contribution in [2.75, 3.05) is 0 Å². The maximum absolute atomic E-state index is 10.6. The molecule has 1 aliphatic rings. The van der Waals surface area contributed by atoms with Crippen molar-refractivity contribution in [2.24, 2.45) is 0 Å². The highest BCUT2D eigenvalue weighted by Crippen LogP contribution is 2.36. The van der Waals surface area contributed by atoms with Crippen LogP contribution in [0.1, 0.15) is 71.6 Å². The van der Waals surface area contributed by atoms with Gasteiger partial charge in [-0.25, -0.2) is 0 Å². The third-order valence-corrected chi connectivity index (χ3v) is 3.53. The summed E-state index contributed by atoms with van der Waals surface area (Å²) < 4.78 is 0. The van der Waals surface area contributed by atoms with E-state index < -0.39 is 5.60 Å². The van der Waals surface area contributed by atoms with Gasteiger partial charge in [-0.1, -0.05) is 45.6 Å². The van der Waals surface area contributed by atoms with Gasteiger partial charge in [0.25, 0.3) is 0 Å². The lowest BCUT2D eigenvalue weighted by molar-refractivity contribution is 0.0359. The Morgan fingerprint density at radius 3 is 2.40 bits per heavy atom. The van der Waals surface area contributed by atoms with Gasteiger partial charge in [-0.15, -0.1) is 0 Å². The first-order chi connectivity index (χ1) is 7.23. The number of aliphatic hydroxyl groups is 1. The van der Waals surface area contributed by atoms with Crippen molar-refractivity contribution in [3.8, 4) is 0 Å². The average molecular weight is 210 g/mol. The second-order valence-corrected chi connectivity index (χ2v) is 4.83. The molecule has 0 heterocycles. The van der Waals surface area contributed by atoms with Gasteiger partial charge in [0, 0.05) is 0 Å². The Bertz CT molecular complexity index is 199. The van der Waals surface area contributed by atoms with Crippen LogP contribution >= 0.6 is 0 Å². The fraction of sp³-hybridized carbons (Fsp3) is 0.857. The second-order valence-electron chi connectivity index (χ2n) is 4.83. The highest BCUT2D eigenvalue weighted by Gasteiger charge is 2.32. The summed E-state index contributed by atoms with van der Waals surface area (Å²) in [6.07, 6.45) is 12.5. The summed E-state index contributed by atoms with van der Waals surface area (Å²) in [5.41, 5.74) is 0.884. The number of unbranched alkanes of at least 4 members (excludes halogenated alkanes) is 1. The molecule has 88 valence electrons. The van der Waals surface area contributed by atoms with E-state index in [1.54, 1.807) is 0 Å². The molecule has 0 unspecified atom stereocenters. The minimum atomic E-state index is -0.441. The molecule has 0 aromatic rings. The normalized spacial score (nSPS) is 21.7. The fourth-order valence-corrected chi connectivity index (χ4v) is 2.60. The lowest BCUT2D eigenvalue weighted by atomic mass is 9.77. The van der Waals surface area contributed by atoms with Crippen LogP contribution < -0.4 is 0 Å². The zero-order valence-corrected chi connectivity index (χ0v) is 10.4. The van der Waals surface area contributed by atoms with E-state index in [1.807, 2.05) is 0 Å². The van der Waals surface area contributed by atoms with Gasteiger partial charge in [0.15, 0.2) is 0 Å². The number of rotatable bonds is 5. The Labute approximate surface area is 94.6 Å². The SMILES string of the molecule is CC/C=C(\CCCC)C1(O)CCCCC1. The van der Waals surface area contributed by atoms with Crippen molar-refractivity contribution in [1.82, 2.24) is 0 Å². The molecule has 1 nitrogen and oxygen atoms in total. The van der Waals surface area contributed by atoms with Crippen molar-refractivity contribution in [1.29, 1.82) is 0 Å². The van der Waals surface area contributed by atoms with E-state index in [1.165, 1.54) is 37.7 Å².